The van der Waals surface area contributed by atoms with E-state index in [9.17, 15) is 0 Å². The van der Waals surface area contributed by atoms with E-state index in [0.29, 0.717) is 28.7 Å². The Morgan fingerprint density at radius 2 is 1.22 bits per heavy atom. The molecule has 176 valence electrons. The van der Waals surface area contributed by atoms with Gasteiger partial charge in [0.15, 0.2) is 0 Å². The molecule has 1 aromatic heterocycles. The average Bonchev–Trinajstić information content (AvgIpc) is 3.46. The highest BCUT2D eigenvalue weighted by Crippen LogP contribution is 2.43. The van der Waals surface area contributed by atoms with Crippen molar-refractivity contribution in [3.05, 3.63) is 133 Å². The van der Waals surface area contributed by atoms with Crippen molar-refractivity contribution in [2.75, 3.05) is 0 Å². The molecule has 0 atom stereocenters. The summed E-state index contributed by atoms with van der Waals surface area (Å²) < 4.78 is 72.9. The molecule has 0 aliphatic heterocycles. The van der Waals surface area contributed by atoms with Crippen LogP contribution in [0.1, 0.15) is 23.7 Å². The Kier molecular flexibility index (Phi) is 3.50. The van der Waals surface area contributed by atoms with Gasteiger partial charge < -0.3 is 0 Å². The Morgan fingerprint density at radius 3 is 1.86 bits per heavy atom. The molecule has 6 aromatic carbocycles. The third-order valence-corrected chi connectivity index (χ3v) is 6.78. The van der Waals surface area contributed by atoms with Gasteiger partial charge in [0.05, 0.1) is 22.0 Å². The predicted molar refractivity (Wildman–Crippen MR) is 156 cm³/mol. The highest BCUT2D eigenvalue weighted by atomic mass is 15.1. The second kappa shape index (κ2) is 8.76. The van der Waals surface area contributed by atoms with E-state index in [0.717, 1.165) is 22.5 Å². The van der Waals surface area contributed by atoms with Crippen LogP contribution in [0.25, 0.3) is 60.5 Å². The summed E-state index contributed by atoms with van der Waals surface area (Å²) in [6.07, 6.45) is 0.664. The van der Waals surface area contributed by atoms with Crippen molar-refractivity contribution in [2.45, 2.75) is 13.3 Å². The van der Waals surface area contributed by atoms with Gasteiger partial charge in [-0.05, 0) is 68.1 Å². The Bertz CT molecular complexity index is 2260. The van der Waals surface area contributed by atoms with E-state index in [4.69, 9.17) is 16.0 Å². The summed E-state index contributed by atoms with van der Waals surface area (Å²) in [5.41, 5.74) is 4.32. The minimum absolute atomic E-state index is 0.195. The molecule has 2 nitrogen and oxygen atoms in total. The van der Waals surface area contributed by atoms with Gasteiger partial charge in [0.1, 0.15) is 5.82 Å². The summed E-state index contributed by atoms with van der Waals surface area (Å²) in [4.78, 5) is 4.81. The molecule has 0 bridgehead atoms. The second-order valence-electron chi connectivity index (χ2n) is 8.87. The number of benzene rings is 6. The number of rotatable bonds is 4. The molecule has 0 amide bonds. The maximum absolute atomic E-state index is 9.14. The fourth-order valence-electron chi connectivity index (χ4n) is 5.21. The van der Waals surface area contributed by atoms with Gasteiger partial charge in [-0.2, -0.15) is 0 Å². The van der Waals surface area contributed by atoms with Crippen LogP contribution in [0.2, 0.25) is 0 Å². The van der Waals surface area contributed by atoms with Gasteiger partial charge in [0.25, 0.3) is 0 Å². The Hall–Kier alpha value is -4.69. The summed E-state index contributed by atoms with van der Waals surface area (Å²) in [6, 6.07) is 21.5. The van der Waals surface area contributed by atoms with Gasteiger partial charge in [-0.15, -0.1) is 0 Å². The second-order valence-corrected chi connectivity index (χ2v) is 8.87. The molecule has 2 heteroatoms. The molecule has 0 N–H and O–H groups in total. The van der Waals surface area contributed by atoms with Gasteiger partial charge in [-0.1, -0.05) is 110 Å². The minimum Gasteiger partial charge on any atom is -0.296 e. The first-order chi connectivity index (χ1) is 21.6. The van der Waals surface area contributed by atoms with Gasteiger partial charge in [0, 0.05) is 12.1 Å². The maximum Gasteiger partial charge on any atom is 0.114 e. The van der Waals surface area contributed by atoms with Crippen LogP contribution in [-0.2, 0) is 6.42 Å². The number of aromatic nitrogens is 2. The number of aryl methyl sites for hydroxylation is 1. The standard InChI is InChI=1S/C35H26N2/c1-2-33-36-31-21-10-11-22-32(31)37(33)26-16-12-15-25(23-26)35-29-19-8-6-17-27(29)34(24-13-4-3-5-14-24)28-18-7-9-20-30(28)35/h3-23H,2H2,1H3/i6D,7D,8D,9D,17D,18D,19D,20D. The SMILES string of the molecule is [2H]c1c([2H])c([2H])c2c(-c3cccc(-n4c(CC)nc5ccccc54)c3)c3c([2H])c([2H])c([2H])c([2H])c3c(-c3ccccc3)c2c1[2H]. The molecule has 0 aliphatic rings. The van der Waals surface area contributed by atoms with Crippen LogP contribution >= 0.6 is 0 Å². The maximum atomic E-state index is 9.14. The molecule has 0 unspecified atom stereocenters. The van der Waals surface area contributed by atoms with E-state index in [1.165, 1.54) is 0 Å². The highest BCUT2D eigenvalue weighted by molar-refractivity contribution is 6.21. The van der Waals surface area contributed by atoms with Crippen LogP contribution in [0.5, 0.6) is 0 Å². The van der Waals surface area contributed by atoms with Gasteiger partial charge >= 0.3 is 0 Å². The van der Waals surface area contributed by atoms with Gasteiger partial charge in [-0.3, -0.25) is 4.57 Å². The van der Waals surface area contributed by atoms with E-state index in [1.54, 1.807) is 24.3 Å². The zero-order valence-corrected chi connectivity index (χ0v) is 20.1. The molecule has 7 rings (SSSR count). The first-order valence-corrected chi connectivity index (χ1v) is 12.2. The van der Waals surface area contributed by atoms with Crippen LogP contribution in [0.4, 0.5) is 0 Å². The van der Waals surface area contributed by atoms with Crippen LogP contribution in [0.15, 0.2) is 127 Å². The summed E-state index contributed by atoms with van der Waals surface area (Å²) in [5.74, 6) is 0.839. The van der Waals surface area contributed by atoms with Crippen molar-refractivity contribution in [3.63, 3.8) is 0 Å². The first-order valence-electron chi connectivity index (χ1n) is 16.2. The lowest BCUT2D eigenvalue weighted by molar-refractivity contribution is 0.908. The number of nitrogens with zero attached hydrogens (tertiary/aromatic N) is 2. The number of hydrogen-bond donors (Lipinski definition) is 0. The molecular formula is C35H26N2. The Labute approximate surface area is 227 Å². The monoisotopic (exact) mass is 482 g/mol. The number of para-hydroxylation sites is 2. The summed E-state index contributed by atoms with van der Waals surface area (Å²) >= 11 is 0. The molecule has 0 radical (unpaired) electrons. The fourth-order valence-corrected chi connectivity index (χ4v) is 5.21. The number of fused-ring (bicyclic) bond motifs is 3. The van der Waals surface area contributed by atoms with E-state index in [-0.39, 0.29) is 45.7 Å². The zero-order chi connectivity index (χ0) is 31.7. The minimum atomic E-state index is -0.419. The molecule has 0 spiro atoms. The third kappa shape index (κ3) is 3.45. The van der Waals surface area contributed by atoms with Crippen molar-refractivity contribution < 1.29 is 11.0 Å². The molecule has 0 fully saturated rings. The lowest BCUT2D eigenvalue weighted by Crippen LogP contribution is -2.00. The Morgan fingerprint density at radius 1 is 0.649 bits per heavy atom. The molecule has 0 saturated heterocycles. The average molecular weight is 483 g/mol. The quantitative estimate of drug-likeness (QED) is 0.229. The van der Waals surface area contributed by atoms with Crippen molar-refractivity contribution >= 4 is 32.6 Å². The van der Waals surface area contributed by atoms with Crippen LogP contribution < -0.4 is 0 Å². The molecule has 1 heterocycles. The normalized spacial score (nSPS) is 14.5. The molecule has 37 heavy (non-hydrogen) atoms. The molecule has 0 aliphatic carbocycles. The topological polar surface area (TPSA) is 17.8 Å². The van der Waals surface area contributed by atoms with E-state index >= 15 is 0 Å². The molecular weight excluding hydrogens is 448 g/mol. The van der Waals surface area contributed by atoms with Crippen LogP contribution in [-0.4, -0.2) is 9.55 Å². The van der Waals surface area contributed by atoms with Crippen molar-refractivity contribution in [1.29, 1.82) is 0 Å². The summed E-state index contributed by atoms with van der Waals surface area (Å²) in [7, 11) is 0. The largest absolute Gasteiger partial charge is 0.296 e. The summed E-state index contributed by atoms with van der Waals surface area (Å²) in [5, 5.41) is 0.793. The first kappa shape index (κ1) is 14.8. The van der Waals surface area contributed by atoms with E-state index < -0.39 is 24.2 Å². The molecule has 0 saturated carbocycles. The van der Waals surface area contributed by atoms with E-state index in [2.05, 4.69) is 0 Å². The smallest absolute Gasteiger partial charge is 0.114 e. The van der Waals surface area contributed by atoms with Crippen LogP contribution in [0.3, 0.4) is 0 Å². The van der Waals surface area contributed by atoms with Gasteiger partial charge in [-0.25, -0.2) is 4.98 Å². The van der Waals surface area contributed by atoms with Crippen molar-refractivity contribution in [1.82, 2.24) is 9.55 Å². The number of imidazole rings is 1. The highest BCUT2D eigenvalue weighted by Gasteiger charge is 2.17. The predicted octanol–water partition coefficient (Wildman–Crippen LogP) is 9.23. The number of hydrogen-bond acceptors (Lipinski definition) is 1. The lowest BCUT2D eigenvalue weighted by atomic mass is 9.86. The zero-order valence-electron chi connectivity index (χ0n) is 28.1. The lowest BCUT2D eigenvalue weighted by Gasteiger charge is -2.18. The van der Waals surface area contributed by atoms with E-state index in [1.807, 2.05) is 66.1 Å². The Balaban J connectivity index is 1.73. The fraction of sp³-hybridized carbons (Fsp3) is 0.0571. The molecule has 7 aromatic rings. The van der Waals surface area contributed by atoms with Gasteiger partial charge in [0.2, 0.25) is 0 Å². The van der Waals surface area contributed by atoms with Crippen molar-refractivity contribution in [2.24, 2.45) is 0 Å². The summed E-state index contributed by atoms with van der Waals surface area (Å²) in [6.45, 7) is 2.03. The van der Waals surface area contributed by atoms with Crippen LogP contribution in [0, 0.1) is 0 Å². The van der Waals surface area contributed by atoms with Crippen molar-refractivity contribution in [3.8, 4) is 27.9 Å². The third-order valence-electron chi connectivity index (χ3n) is 6.78.